The van der Waals surface area contributed by atoms with Gasteiger partial charge in [-0.3, -0.25) is 4.79 Å². The van der Waals surface area contributed by atoms with Crippen molar-refractivity contribution in [2.45, 2.75) is 12.8 Å². The van der Waals surface area contributed by atoms with E-state index in [1.54, 1.807) is 6.26 Å². The van der Waals surface area contributed by atoms with Gasteiger partial charge in [-0.05, 0) is 30.2 Å². The van der Waals surface area contributed by atoms with E-state index >= 15 is 0 Å². The quantitative estimate of drug-likeness (QED) is 0.930. The second-order valence-corrected chi connectivity index (χ2v) is 4.21. The van der Waals surface area contributed by atoms with E-state index in [2.05, 4.69) is 15.9 Å². The Bertz CT molecular complexity index is 502. The fourth-order valence-corrected chi connectivity index (χ4v) is 1.83. The summed E-state index contributed by atoms with van der Waals surface area (Å²) in [6, 6.07) is 5.72. The van der Waals surface area contributed by atoms with Gasteiger partial charge in [-0.15, -0.1) is 0 Å². The second-order valence-electron chi connectivity index (χ2n) is 3.30. The Labute approximate surface area is 94.8 Å². The van der Waals surface area contributed by atoms with Crippen molar-refractivity contribution in [1.82, 2.24) is 0 Å². The van der Waals surface area contributed by atoms with Gasteiger partial charge in [0.15, 0.2) is 0 Å². The van der Waals surface area contributed by atoms with Crippen LogP contribution in [0.1, 0.15) is 12.0 Å². The first-order valence-electron chi connectivity index (χ1n) is 4.54. The molecule has 0 aliphatic carbocycles. The fourth-order valence-electron chi connectivity index (χ4n) is 1.49. The fraction of sp³-hybridized carbons (Fsp3) is 0.182. The molecule has 1 heterocycles. The number of carboxylic acids is 1. The average Bonchev–Trinajstić information content (AvgIpc) is 2.57. The number of fused-ring (bicyclic) bond motifs is 1. The minimum atomic E-state index is -0.790. The van der Waals surface area contributed by atoms with Crippen molar-refractivity contribution in [3.63, 3.8) is 0 Å². The third-order valence-electron chi connectivity index (χ3n) is 2.23. The molecular weight excluding hydrogens is 260 g/mol. The van der Waals surface area contributed by atoms with E-state index in [1.165, 1.54) is 0 Å². The van der Waals surface area contributed by atoms with Crippen LogP contribution in [0, 0.1) is 0 Å². The van der Waals surface area contributed by atoms with E-state index in [9.17, 15) is 4.79 Å². The van der Waals surface area contributed by atoms with Gasteiger partial charge >= 0.3 is 5.97 Å². The first-order chi connectivity index (χ1) is 7.16. The molecule has 0 bridgehead atoms. The Balaban J connectivity index is 2.32. The van der Waals surface area contributed by atoms with Crippen LogP contribution < -0.4 is 0 Å². The van der Waals surface area contributed by atoms with Gasteiger partial charge in [0.05, 0.1) is 6.26 Å². The predicted octanol–water partition coefficient (Wildman–Crippen LogP) is 3.21. The summed E-state index contributed by atoms with van der Waals surface area (Å²) < 4.78 is 6.29. The van der Waals surface area contributed by atoms with E-state index in [-0.39, 0.29) is 6.42 Å². The van der Waals surface area contributed by atoms with Crippen LogP contribution in [0.4, 0.5) is 0 Å². The molecule has 2 rings (SSSR count). The molecule has 78 valence electrons. The standard InChI is InChI=1S/C11H9BrO3/c12-8-2-3-9-7(1-4-11(13)14)6-15-10(9)5-8/h2-3,5-6H,1,4H2,(H,13,14). The lowest BCUT2D eigenvalue weighted by Gasteiger charge is -1.94. The molecule has 0 spiro atoms. The highest BCUT2D eigenvalue weighted by atomic mass is 79.9. The van der Waals surface area contributed by atoms with E-state index in [1.807, 2.05) is 18.2 Å². The lowest BCUT2D eigenvalue weighted by atomic mass is 10.1. The number of furan rings is 1. The molecule has 2 aromatic rings. The molecule has 0 atom stereocenters. The summed E-state index contributed by atoms with van der Waals surface area (Å²) >= 11 is 3.35. The maximum absolute atomic E-state index is 10.4. The largest absolute Gasteiger partial charge is 0.481 e. The molecule has 4 heteroatoms. The van der Waals surface area contributed by atoms with Gasteiger partial charge < -0.3 is 9.52 Å². The molecule has 0 aliphatic heterocycles. The molecule has 0 aliphatic rings. The predicted molar refractivity (Wildman–Crippen MR) is 59.9 cm³/mol. The van der Waals surface area contributed by atoms with Gasteiger partial charge in [-0.2, -0.15) is 0 Å². The van der Waals surface area contributed by atoms with E-state index in [0.29, 0.717) is 6.42 Å². The van der Waals surface area contributed by atoms with Crippen LogP contribution in [-0.4, -0.2) is 11.1 Å². The summed E-state index contributed by atoms with van der Waals surface area (Å²) in [6.07, 6.45) is 2.26. The third kappa shape index (κ3) is 2.21. The van der Waals surface area contributed by atoms with Crippen LogP contribution in [0.3, 0.4) is 0 Å². The van der Waals surface area contributed by atoms with Gasteiger partial charge in [0.2, 0.25) is 0 Å². The Hall–Kier alpha value is -1.29. The lowest BCUT2D eigenvalue weighted by Crippen LogP contribution is -1.96. The molecule has 1 aromatic heterocycles. The molecule has 1 aromatic carbocycles. The zero-order valence-corrected chi connectivity index (χ0v) is 9.45. The number of hydrogen-bond donors (Lipinski definition) is 1. The molecule has 0 radical (unpaired) electrons. The zero-order valence-electron chi connectivity index (χ0n) is 7.87. The molecule has 0 amide bonds. The first kappa shape index (κ1) is 10.2. The summed E-state index contributed by atoms with van der Waals surface area (Å²) in [5.74, 6) is -0.790. The van der Waals surface area contributed by atoms with Crippen LogP contribution in [0.25, 0.3) is 11.0 Å². The number of aliphatic carboxylic acids is 1. The van der Waals surface area contributed by atoms with Crippen molar-refractivity contribution >= 4 is 32.9 Å². The van der Waals surface area contributed by atoms with Gasteiger partial charge in [-0.25, -0.2) is 0 Å². The molecular formula is C11H9BrO3. The average molecular weight is 269 g/mol. The monoisotopic (exact) mass is 268 g/mol. The minimum absolute atomic E-state index is 0.130. The maximum Gasteiger partial charge on any atom is 0.303 e. The summed E-state index contributed by atoms with van der Waals surface area (Å²) in [6.45, 7) is 0. The highest BCUT2D eigenvalue weighted by Crippen LogP contribution is 2.25. The Kier molecular flexibility index (Phi) is 2.77. The number of halogens is 1. The maximum atomic E-state index is 10.4. The number of hydrogen-bond acceptors (Lipinski definition) is 2. The highest BCUT2D eigenvalue weighted by molar-refractivity contribution is 9.10. The van der Waals surface area contributed by atoms with Crippen LogP contribution in [0.15, 0.2) is 33.4 Å². The molecule has 0 unspecified atom stereocenters. The van der Waals surface area contributed by atoms with Crippen LogP contribution in [-0.2, 0) is 11.2 Å². The second kappa shape index (κ2) is 4.06. The first-order valence-corrected chi connectivity index (χ1v) is 5.33. The minimum Gasteiger partial charge on any atom is -0.481 e. The molecule has 0 saturated carbocycles. The van der Waals surface area contributed by atoms with Crippen molar-refractivity contribution in [1.29, 1.82) is 0 Å². The van der Waals surface area contributed by atoms with Crippen LogP contribution in [0.2, 0.25) is 0 Å². The Morgan fingerprint density at radius 2 is 2.27 bits per heavy atom. The topological polar surface area (TPSA) is 50.4 Å². The van der Waals surface area contributed by atoms with Crippen molar-refractivity contribution in [3.8, 4) is 0 Å². The SMILES string of the molecule is O=C(O)CCc1coc2cc(Br)ccc12. The summed E-state index contributed by atoms with van der Waals surface area (Å²) in [4.78, 5) is 10.4. The number of carbonyl (C=O) groups is 1. The number of rotatable bonds is 3. The molecule has 1 N–H and O–H groups in total. The smallest absolute Gasteiger partial charge is 0.303 e. The van der Waals surface area contributed by atoms with Crippen molar-refractivity contribution < 1.29 is 14.3 Å². The third-order valence-corrected chi connectivity index (χ3v) is 2.72. The van der Waals surface area contributed by atoms with E-state index in [4.69, 9.17) is 9.52 Å². The van der Waals surface area contributed by atoms with Gasteiger partial charge in [-0.1, -0.05) is 15.9 Å². The van der Waals surface area contributed by atoms with E-state index in [0.717, 1.165) is 21.0 Å². The van der Waals surface area contributed by atoms with Crippen molar-refractivity contribution in [3.05, 3.63) is 34.5 Å². The van der Waals surface area contributed by atoms with Gasteiger partial charge in [0.1, 0.15) is 5.58 Å². The van der Waals surface area contributed by atoms with Crippen molar-refractivity contribution in [2.75, 3.05) is 0 Å². The zero-order chi connectivity index (χ0) is 10.8. The number of carboxylic acid groups (broad SMARTS) is 1. The molecule has 0 saturated heterocycles. The Morgan fingerprint density at radius 1 is 1.47 bits per heavy atom. The Morgan fingerprint density at radius 3 is 3.00 bits per heavy atom. The molecule has 0 fully saturated rings. The summed E-state index contributed by atoms with van der Waals surface area (Å²) in [5.41, 5.74) is 1.73. The molecule has 15 heavy (non-hydrogen) atoms. The number of aryl methyl sites for hydroxylation is 1. The lowest BCUT2D eigenvalue weighted by molar-refractivity contribution is -0.136. The number of benzene rings is 1. The summed E-state index contributed by atoms with van der Waals surface area (Å²) in [5, 5.41) is 9.58. The van der Waals surface area contributed by atoms with Crippen molar-refractivity contribution in [2.24, 2.45) is 0 Å². The van der Waals surface area contributed by atoms with E-state index < -0.39 is 5.97 Å². The summed E-state index contributed by atoms with van der Waals surface area (Å²) in [7, 11) is 0. The highest BCUT2D eigenvalue weighted by Gasteiger charge is 2.07. The molecule has 3 nitrogen and oxygen atoms in total. The van der Waals surface area contributed by atoms with Gasteiger partial charge in [0.25, 0.3) is 0 Å². The van der Waals surface area contributed by atoms with Gasteiger partial charge in [0, 0.05) is 16.3 Å². The normalized spacial score (nSPS) is 10.7. The van der Waals surface area contributed by atoms with Crippen LogP contribution >= 0.6 is 15.9 Å². The van der Waals surface area contributed by atoms with Crippen LogP contribution in [0.5, 0.6) is 0 Å².